The van der Waals surface area contributed by atoms with Gasteiger partial charge in [-0.3, -0.25) is 0 Å². The van der Waals surface area contributed by atoms with Crippen LogP contribution in [0.5, 0.6) is 0 Å². The Hall–Kier alpha value is -0.550. The van der Waals surface area contributed by atoms with E-state index in [0.717, 1.165) is 13.0 Å². The van der Waals surface area contributed by atoms with Gasteiger partial charge in [0.25, 0.3) is 0 Å². The van der Waals surface area contributed by atoms with Crippen LogP contribution in [-0.2, 0) is 4.74 Å². The van der Waals surface area contributed by atoms with E-state index in [1.54, 1.807) is 6.92 Å². The fraction of sp³-hybridized carbons (Fsp3) is 0.778. The van der Waals surface area contributed by atoms with Gasteiger partial charge < -0.3 is 9.84 Å². The van der Waals surface area contributed by atoms with Crippen LogP contribution in [0.1, 0.15) is 20.3 Å². The molecule has 2 nitrogen and oxygen atoms in total. The van der Waals surface area contributed by atoms with Gasteiger partial charge in [0.1, 0.15) is 5.60 Å². The molecule has 1 N–H and O–H groups in total. The van der Waals surface area contributed by atoms with Gasteiger partial charge in [0.2, 0.25) is 0 Å². The smallest absolute Gasteiger partial charge is 0.383 e. The first-order chi connectivity index (χ1) is 6.27. The number of hydrogen-bond donors (Lipinski definition) is 1. The first-order valence-corrected chi connectivity index (χ1v) is 4.34. The predicted molar refractivity (Wildman–Crippen MR) is 44.8 cm³/mol. The summed E-state index contributed by atoms with van der Waals surface area (Å²) in [5.41, 5.74) is -4.43. The Morgan fingerprint density at radius 3 is 2.14 bits per heavy atom. The third-order valence-corrected chi connectivity index (χ3v) is 2.57. The Morgan fingerprint density at radius 1 is 1.43 bits per heavy atom. The van der Waals surface area contributed by atoms with Crippen LogP contribution in [0.2, 0.25) is 0 Å². The first-order valence-electron chi connectivity index (χ1n) is 4.34. The molecule has 1 aliphatic rings. The lowest BCUT2D eigenvalue weighted by molar-refractivity contribution is -0.366. The van der Waals surface area contributed by atoms with Gasteiger partial charge in [0.05, 0.1) is 6.61 Å². The third-order valence-electron chi connectivity index (χ3n) is 2.57. The molecular weight excluding hydrogens is 197 g/mol. The van der Waals surface area contributed by atoms with E-state index < -0.39 is 17.4 Å². The molecule has 2 unspecified atom stereocenters. The summed E-state index contributed by atoms with van der Waals surface area (Å²) in [6.45, 7) is 2.70. The average Bonchev–Trinajstić information content (AvgIpc) is 1.76. The zero-order valence-electron chi connectivity index (χ0n) is 8.06. The van der Waals surface area contributed by atoms with Gasteiger partial charge in [-0.1, -0.05) is 12.2 Å². The van der Waals surface area contributed by atoms with Gasteiger partial charge in [-0.15, -0.1) is 0 Å². The van der Waals surface area contributed by atoms with E-state index in [4.69, 9.17) is 0 Å². The normalized spacial score (nSPS) is 32.7. The van der Waals surface area contributed by atoms with E-state index in [9.17, 15) is 18.3 Å². The zero-order chi connectivity index (χ0) is 11.0. The summed E-state index contributed by atoms with van der Waals surface area (Å²) in [7, 11) is 0. The summed E-state index contributed by atoms with van der Waals surface area (Å²) >= 11 is 0. The van der Waals surface area contributed by atoms with Gasteiger partial charge in [-0.25, -0.2) is 0 Å². The van der Waals surface area contributed by atoms with Crippen molar-refractivity contribution in [3.05, 3.63) is 12.2 Å². The fourth-order valence-electron chi connectivity index (χ4n) is 1.68. The van der Waals surface area contributed by atoms with E-state index >= 15 is 0 Å². The number of hydrogen-bond acceptors (Lipinski definition) is 2. The monoisotopic (exact) mass is 210 g/mol. The Bertz CT molecular complexity index is 239. The summed E-state index contributed by atoms with van der Waals surface area (Å²) in [6, 6.07) is 0. The van der Waals surface area contributed by atoms with Crippen molar-refractivity contribution in [2.45, 2.75) is 37.6 Å². The lowest BCUT2D eigenvalue weighted by Gasteiger charge is -2.50. The van der Waals surface area contributed by atoms with E-state index in [0.29, 0.717) is 0 Å². The Labute approximate surface area is 80.4 Å². The average molecular weight is 210 g/mol. The topological polar surface area (TPSA) is 29.5 Å². The van der Waals surface area contributed by atoms with Crippen molar-refractivity contribution in [1.82, 2.24) is 0 Å². The van der Waals surface area contributed by atoms with Crippen molar-refractivity contribution in [2.24, 2.45) is 0 Å². The van der Waals surface area contributed by atoms with Crippen LogP contribution in [0.3, 0.4) is 0 Å². The Kier molecular flexibility index (Phi) is 2.67. The van der Waals surface area contributed by atoms with Gasteiger partial charge in [0.15, 0.2) is 5.60 Å². The minimum absolute atomic E-state index is 0.0349. The molecule has 14 heavy (non-hydrogen) atoms. The molecule has 1 rings (SSSR count). The maximum Gasteiger partial charge on any atom is 0.420 e. The van der Waals surface area contributed by atoms with Crippen molar-refractivity contribution >= 4 is 0 Å². The summed E-state index contributed by atoms with van der Waals surface area (Å²) in [6.07, 6.45) is -2.25. The Balaban J connectivity index is 3.01. The summed E-state index contributed by atoms with van der Waals surface area (Å²) in [5, 5.41) is 9.69. The molecule has 0 bridgehead atoms. The van der Waals surface area contributed by atoms with E-state index in [-0.39, 0.29) is 13.0 Å². The number of alkyl halides is 3. The second kappa shape index (κ2) is 3.24. The van der Waals surface area contributed by atoms with Crippen LogP contribution in [0.25, 0.3) is 0 Å². The molecule has 0 aliphatic carbocycles. The second-order valence-corrected chi connectivity index (χ2v) is 3.57. The maximum atomic E-state index is 12.7. The van der Waals surface area contributed by atoms with Crippen LogP contribution in [-0.4, -0.2) is 29.1 Å². The molecule has 0 radical (unpaired) electrons. The molecule has 0 spiro atoms. The molecule has 1 heterocycles. The molecule has 0 amide bonds. The van der Waals surface area contributed by atoms with Crippen LogP contribution >= 0.6 is 0 Å². The van der Waals surface area contributed by atoms with Crippen molar-refractivity contribution in [1.29, 1.82) is 0 Å². The molecule has 0 aromatic rings. The van der Waals surface area contributed by atoms with Crippen molar-refractivity contribution in [3.8, 4) is 0 Å². The SMILES string of the molecule is CC=CC(C)(O)C1(C(F)(F)F)CCO1. The maximum absolute atomic E-state index is 12.7. The lowest BCUT2D eigenvalue weighted by atomic mass is 9.77. The molecule has 82 valence electrons. The van der Waals surface area contributed by atoms with Gasteiger partial charge in [0, 0.05) is 6.42 Å². The van der Waals surface area contributed by atoms with E-state index in [2.05, 4.69) is 4.74 Å². The molecule has 2 atom stereocenters. The highest BCUT2D eigenvalue weighted by Gasteiger charge is 2.68. The van der Waals surface area contributed by atoms with Gasteiger partial charge in [-0.2, -0.15) is 13.2 Å². The number of halogens is 3. The van der Waals surface area contributed by atoms with Crippen LogP contribution in [0.15, 0.2) is 12.2 Å². The number of allylic oxidation sites excluding steroid dienone is 1. The third kappa shape index (κ3) is 1.44. The van der Waals surface area contributed by atoms with E-state index in [1.165, 1.54) is 6.08 Å². The largest absolute Gasteiger partial charge is 0.420 e. The predicted octanol–water partition coefficient (Wildman–Crippen LogP) is 2.03. The minimum atomic E-state index is -4.55. The molecular formula is C9H13F3O2. The van der Waals surface area contributed by atoms with Crippen LogP contribution in [0, 0.1) is 0 Å². The van der Waals surface area contributed by atoms with Crippen molar-refractivity contribution in [3.63, 3.8) is 0 Å². The van der Waals surface area contributed by atoms with Crippen LogP contribution in [0.4, 0.5) is 13.2 Å². The van der Waals surface area contributed by atoms with Crippen LogP contribution < -0.4 is 0 Å². The van der Waals surface area contributed by atoms with Crippen molar-refractivity contribution in [2.75, 3.05) is 6.61 Å². The Morgan fingerprint density at radius 2 is 1.93 bits per heavy atom. The van der Waals surface area contributed by atoms with E-state index in [1.807, 2.05) is 0 Å². The number of ether oxygens (including phenoxy) is 1. The summed E-state index contributed by atoms with van der Waals surface area (Å²) < 4.78 is 42.5. The summed E-state index contributed by atoms with van der Waals surface area (Å²) in [5.74, 6) is 0. The molecule has 1 saturated heterocycles. The molecule has 0 saturated carbocycles. The highest BCUT2D eigenvalue weighted by molar-refractivity contribution is 5.16. The van der Waals surface area contributed by atoms with Crippen molar-refractivity contribution < 1.29 is 23.0 Å². The fourth-order valence-corrected chi connectivity index (χ4v) is 1.68. The first kappa shape index (κ1) is 11.5. The second-order valence-electron chi connectivity index (χ2n) is 3.57. The lowest BCUT2D eigenvalue weighted by Crippen LogP contribution is -2.68. The highest BCUT2D eigenvalue weighted by atomic mass is 19.4. The standard InChI is InChI=1S/C9H13F3O2/c1-3-4-7(2,13)8(5-6-14-8)9(10,11)12/h3-4,13H,5-6H2,1-2H3. The molecule has 1 fully saturated rings. The molecule has 0 aromatic heterocycles. The number of aliphatic hydroxyl groups is 1. The van der Waals surface area contributed by atoms with Gasteiger partial charge >= 0.3 is 6.18 Å². The molecule has 5 heteroatoms. The minimum Gasteiger partial charge on any atom is -0.383 e. The molecule has 1 aliphatic heterocycles. The van der Waals surface area contributed by atoms with Gasteiger partial charge in [-0.05, 0) is 13.8 Å². The molecule has 0 aromatic carbocycles. The quantitative estimate of drug-likeness (QED) is 0.707. The number of rotatable bonds is 2. The zero-order valence-corrected chi connectivity index (χ0v) is 8.06. The highest BCUT2D eigenvalue weighted by Crippen LogP contribution is 2.49. The summed E-state index contributed by atoms with van der Waals surface area (Å²) in [4.78, 5) is 0.